The van der Waals surface area contributed by atoms with Gasteiger partial charge in [-0.05, 0) is 31.2 Å². The molecule has 0 bridgehead atoms. The molecule has 0 unspecified atom stereocenters. The maximum absolute atomic E-state index is 5.57. The van der Waals surface area contributed by atoms with Crippen LogP contribution in [-0.2, 0) is 11.3 Å². The van der Waals surface area contributed by atoms with E-state index >= 15 is 0 Å². The Morgan fingerprint density at radius 1 is 1.12 bits per heavy atom. The molecule has 4 heterocycles. The smallest absolute Gasteiger partial charge is 0.181 e. The summed E-state index contributed by atoms with van der Waals surface area (Å²) in [6.45, 7) is 5.40. The SMILES string of the molecule is CCn1c(-c2ccncc2)nc2c1/N=C/Nc1cc(OC)ccc1/C=N\N=C/2N1CCOCC1. The standard InChI is InChI=1S/C24H26N8O2/c1-3-32-22(17-6-8-25-9-7-17)29-21-23(32)27-16-26-20-14-19(33-2)5-4-18(20)15-28-30-24(21)31-10-12-34-13-11-31/h4-9,14-16H,3,10-13H2,1-2H3,(H,26,27)/b28-15-,30-24+. The van der Waals surface area contributed by atoms with E-state index in [4.69, 9.17) is 19.5 Å². The maximum atomic E-state index is 5.57. The minimum atomic E-state index is 0.622. The van der Waals surface area contributed by atoms with Crippen LogP contribution in [0.2, 0.25) is 0 Å². The average Bonchev–Trinajstić information content (AvgIpc) is 3.24. The van der Waals surface area contributed by atoms with Crippen LogP contribution in [0, 0.1) is 0 Å². The first-order valence-corrected chi connectivity index (χ1v) is 11.2. The number of amidine groups is 1. The van der Waals surface area contributed by atoms with Crippen molar-refractivity contribution in [1.29, 1.82) is 0 Å². The number of fused-ring (bicyclic) bond motifs is 2. The molecule has 2 aliphatic rings. The van der Waals surface area contributed by atoms with Gasteiger partial charge in [-0.3, -0.25) is 4.98 Å². The molecule has 0 saturated carbocycles. The number of pyridine rings is 1. The number of aromatic nitrogens is 3. The lowest BCUT2D eigenvalue weighted by Gasteiger charge is -2.28. The van der Waals surface area contributed by atoms with Crippen molar-refractivity contribution in [3.05, 3.63) is 54.0 Å². The topological polar surface area (TPSA) is 102 Å². The highest BCUT2D eigenvalue weighted by molar-refractivity contribution is 6.03. The van der Waals surface area contributed by atoms with Crippen molar-refractivity contribution in [3.8, 4) is 17.1 Å². The molecule has 34 heavy (non-hydrogen) atoms. The number of aliphatic imine (C=N–C) groups is 1. The summed E-state index contributed by atoms with van der Waals surface area (Å²) < 4.78 is 13.0. The average molecular weight is 459 g/mol. The van der Waals surface area contributed by atoms with Crippen molar-refractivity contribution in [2.45, 2.75) is 13.5 Å². The van der Waals surface area contributed by atoms with Gasteiger partial charge in [-0.25, -0.2) is 9.98 Å². The van der Waals surface area contributed by atoms with Gasteiger partial charge in [-0.2, -0.15) is 5.10 Å². The third-order valence-corrected chi connectivity index (χ3v) is 5.73. The summed E-state index contributed by atoms with van der Waals surface area (Å²) in [5, 5.41) is 12.4. The highest BCUT2D eigenvalue weighted by Crippen LogP contribution is 2.30. The summed E-state index contributed by atoms with van der Waals surface area (Å²) in [6.07, 6.45) is 6.93. The van der Waals surface area contributed by atoms with Crippen LogP contribution in [0.4, 0.5) is 11.5 Å². The molecule has 0 aliphatic carbocycles. The van der Waals surface area contributed by atoms with Crippen LogP contribution in [-0.4, -0.2) is 71.2 Å². The molecule has 2 aromatic heterocycles. The van der Waals surface area contributed by atoms with E-state index in [1.807, 2.05) is 30.3 Å². The van der Waals surface area contributed by atoms with Crippen molar-refractivity contribution in [2.75, 3.05) is 38.7 Å². The molecular weight excluding hydrogens is 432 g/mol. The molecule has 174 valence electrons. The normalized spacial score (nSPS) is 19.0. The molecule has 1 saturated heterocycles. The van der Waals surface area contributed by atoms with E-state index in [-0.39, 0.29) is 0 Å². The van der Waals surface area contributed by atoms with Gasteiger partial charge in [0, 0.05) is 49.2 Å². The molecule has 0 spiro atoms. The number of imidazole rings is 1. The Labute approximate surface area is 197 Å². The van der Waals surface area contributed by atoms with Gasteiger partial charge in [-0.15, -0.1) is 5.10 Å². The number of benzene rings is 1. The highest BCUT2D eigenvalue weighted by Gasteiger charge is 2.26. The molecule has 0 amide bonds. The molecule has 10 nitrogen and oxygen atoms in total. The van der Waals surface area contributed by atoms with Crippen LogP contribution < -0.4 is 10.1 Å². The van der Waals surface area contributed by atoms with E-state index < -0.39 is 0 Å². The van der Waals surface area contributed by atoms with Gasteiger partial charge in [0.15, 0.2) is 17.3 Å². The molecule has 1 N–H and O–H groups in total. The Morgan fingerprint density at radius 3 is 2.71 bits per heavy atom. The van der Waals surface area contributed by atoms with E-state index in [0.717, 1.165) is 28.4 Å². The lowest BCUT2D eigenvalue weighted by molar-refractivity contribution is 0.0681. The van der Waals surface area contributed by atoms with E-state index in [2.05, 4.69) is 36.9 Å². The number of hydrogen-bond acceptors (Lipinski definition) is 9. The number of nitrogens with zero attached hydrogens (tertiary/aromatic N) is 7. The van der Waals surface area contributed by atoms with Gasteiger partial charge in [0.2, 0.25) is 0 Å². The molecule has 0 radical (unpaired) electrons. The Bertz CT molecular complexity index is 1240. The lowest BCUT2D eigenvalue weighted by atomic mass is 10.2. The van der Waals surface area contributed by atoms with Gasteiger partial charge in [0.1, 0.15) is 11.6 Å². The summed E-state index contributed by atoms with van der Waals surface area (Å²) in [4.78, 5) is 16.1. The van der Waals surface area contributed by atoms with Crippen LogP contribution >= 0.6 is 0 Å². The van der Waals surface area contributed by atoms with Crippen molar-refractivity contribution in [1.82, 2.24) is 19.4 Å². The van der Waals surface area contributed by atoms with Crippen LogP contribution in [0.1, 0.15) is 18.2 Å². The molecule has 5 rings (SSSR count). The zero-order chi connectivity index (χ0) is 23.3. The number of hydrogen-bond donors (Lipinski definition) is 1. The lowest BCUT2D eigenvalue weighted by Crippen LogP contribution is -2.41. The van der Waals surface area contributed by atoms with Gasteiger partial charge in [-0.1, -0.05) is 0 Å². The fourth-order valence-electron chi connectivity index (χ4n) is 3.99. The first kappa shape index (κ1) is 21.8. The Balaban J connectivity index is 1.69. The molecule has 2 aliphatic heterocycles. The van der Waals surface area contributed by atoms with Crippen LogP contribution in [0.5, 0.6) is 5.75 Å². The number of anilines is 1. The minimum Gasteiger partial charge on any atom is -0.497 e. The van der Waals surface area contributed by atoms with Crippen LogP contribution in [0.25, 0.3) is 11.4 Å². The van der Waals surface area contributed by atoms with E-state index in [0.29, 0.717) is 50.2 Å². The van der Waals surface area contributed by atoms with Crippen molar-refractivity contribution in [2.24, 2.45) is 15.2 Å². The van der Waals surface area contributed by atoms with E-state index in [1.54, 1.807) is 32.1 Å². The monoisotopic (exact) mass is 458 g/mol. The van der Waals surface area contributed by atoms with E-state index in [1.165, 1.54) is 0 Å². The molecule has 3 aromatic rings. The number of ether oxygens (including phenoxy) is 2. The summed E-state index contributed by atoms with van der Waals surface area (Å²) in [5.41, 5.74) is 3.32. The first-order chi connectivity index (χ1) is 16.8. The Hall–Kier alpha value is -4.05. The molecule has 1 fully saturated rings. The van der Waals surface area contributed by atoms with Gasteiger partial charge < -0.3 is 24.3 Å². The number of methoxy groups -OCH3 is 1. The largest absolute Gasteiger partial charge is 0.497 e. The number of morpholine rings is 1. The predicted molar refractivity (Wildman–Crippen MR) is 132 cm³/mol. The molecule has 10 heteroatoms. The summed E-state index contributed by atoms with van der Waals surface area (Å²) in [7, 11) is 1.64. The Morgan fingerprint density at radius 2 is 1.94 bits per heavy atom. The van der Waals surface area contributed by atoms with Gasteiger partial charge >= 0.3 is 0 Å². The number of nitrogens with one attached hydrogen (secondary N) is 1. The van der Waals surface area contributed by atoms with Crippen LogP contribution in [0.3, 0.4) is 0 Å². The highest BCUT2D eigenvalue weighted by atomic mass is 16.5. The second-order valence-electron chi connectivity index (χ2n) is 7.71. The van der Waals surface area contributed by atoms with Crippen LogP contribution in [0.15, 0.2) is 57.9 Å². The van der Waals surface area contributed by atoms with E-state index in [9.17, 15) is 0 Å². The second-order valence-corrected chi connectivity index (χ2v) is 7.71. The predicted octanol–water partition coefficient (Wildman–Crippen LogP) is 3.17. The first-order valence-electron chi connectivity index (χ1n) is 11.2. The molecule has 1 aromatic carbocycles. The second kappa shape index (κ2) is 9.84. The fraction of sp³-hybridized carbons (Fsp3) is 0.292. The summed E-state index contributed by atoms with van der Waals surface area (Å²) >= 11 is 0. The third-order valence-electron chi connectivity index (χ3n) is 5.73. The molecule has 0 atom stereocenters. The van der Waals surface area contributed by atoms with Gasteiger partial charge in [0.25, 0.3) is 0 Å². The van der Waals surface area contributed by atoms with Crippen molar-refractivity contribution in [3.63, 3.8) is 0 Å². The minimum absolute atomic E-state index is 0.622. The summed E-state index contributed by atoms with van der Waals surface area (Å²) in [5.74, 6) is 2.91. The van der Waals surface area contributed by atoms with Crippen molar-refractivity contribution >= 4 is 29.9 Å². The third kappa shape index (κ3) is 4.27. The molecular formula is C24H26N8O2. The Kier molecular flexibility index (Phi) is 6.30. The fourth-order valence-corrected chi connectivity index (χ4v) is 3.99. The number of rotatable bonds is 3. The zero-order valence-electron chi connectivity index (χ0n) is 19.2. The summed E-state index contributed by atoms with van der Waals surface area (Å²) in [6, 6.07) is 9.61. The zero-order valence-corrected chi connectivity index (χ0v) is 19.2. The quantitative estimate of drug-likeness (QED) is 0.647. The maximum Gasteiger partial charge on any atom is 0.181 e. The van der Waals surface area contributed by atoms with Crippen molar-refractivity contribution < 1.29 is 9.47 Å². The van der Waals surface area contributed by atoms with Gasteiger partial charge in [0.05, 0.1) is 38.6 Å².